The van der Waals surface area contributed by atoms with Gasteiger partial charge in [0.1, 0.15) is 4.90 Å². The third kappa shape index (κ3) is 3.50. The van der Waals surface area contributed by atoms with Crippen molar-refractivity contribution in [3.63, 3.8) is 0 Å². The average molecular weight is 279 g/mol. The lowest BCUT2D eigenvalue weighted by Gasteiger charge is -2.15. The van der Waals surface area contributed by atoms with E-state index in [0.29, 0.717) is 6.07 Å². The topological polar surface area (TPSA) is 34.1 Å². The molecule has 0 amide bonds. The van der Waals surface area contributed by atoms with Gasteiger partial charge in [-0.25, -0.2) is 0 Å². The molecule has 0 spiro atoms. The van der Waals surface area contributed by atoms with E-state index < -0.39 is 28.4 Å². The van der Waals surface area contributed by atoms with Crippen molar-refractivity contribution in [3.05, 3.63) is 28.8 Å². The highest BCUT2D eigenvalue weighted by molar-refractivity contribution is 7.86. The van der Waals surface area contributed by atoms with Crippen molar-refractivity contribution in [2.75, 3.05) is 0 Å². The Morgan fingerprint density at radius 1 is 1.33 bits per heavy atom. The number of hydrogen-bond acceptors (Lipinski definition) is 2. The molecule has 1 aromatic rings. The van der Waals surface area contributed by atoms with Gasteiger partial charge in [-0.2, -0.15) is 8.42 Å². The van der Waals surface area contributed by atoms with Crippen LogP contribution in [0.15, 0.2) is 17.0 Å². The smallest absolute Gasteiger partial charge is 0.449 e. The number of benzene rings is 1. The predicted octanol–water partition coefficient (Wildman–Crippen LogP) is 2.56. The maximum Gasteiger partial charge on any atom is 0.482 e. The van der Waals surface area contributed by atoms with Crippen LogP contribution in [0.25, 0.3) is 0 Å². The molecule has 0 fully saturated rings. The molecule has 18 heavy (non-hydrogen) atoms. The zero-order valence-corrected chi connectivity index (χ0v) is 10.1. The van der Waals surface area contributed by atoms with Crippen LogP contribution in [0.4, 0.5) is 16.8 Å². The molecule has 0 N–H and O–H groups in total. The molecule has 0 aromatic heterocycles. The van der Waals surface area contributed by atoms with Crippen LogP contribution in [-0.4, -0.2) is 15.4 Å². The molecule has 0 radical (unpaired) electrons. The highest BCUT2D eigenvalue weighted by atomic mass is 32.3. The largest absolute Gasteiger partial charge is 0.482 e. The second-order valence-corrected chi connectivity index (χ2v) is 5.08. The van der Waals surface area contributed by atoms with Gasteiger partial charge in [0, 0.05) is 5.56 Å². The molecule has 0 saturated carbocycles. The van der Waals surface area contributed by atoms with Gasteiger partial charge in [-0.05, 0) is 24.6 Å². The SMILES string of the molecule is C#Cc1cc(C[B-](F)(F)F)cc(S(=O)(=O)F)c1C. The molecule has 0 bridgehead atoms. The highest BCUT2D eigenvalue weighted by Crippen LogP contribution is 2.25. The van der Waals surface area contributed by atoms with Crippen LogP contribution < -0.4 is 0 Å². The van der Waals surface area contributed by atoms with E-state index in [1.807, 2.05) is 5.92 Å². The van der Waals surface area contributed by atoms with Crippen LogP contribution in [0.3, 0.4) is 0 Å². The van der Waals surface area contributed by atoms with Crippen molar-refractivity contribution < 1.29 is 25.3 Å². The predicted molar refractivity (Wildman–Crippen MR) is 60.2 cm³/mol. The summed E-state index contributed by atoms with van der Waals surface area (Å²) in [6.07, 6.45) is 3.74. The van der Waals surface area contributed by atoms with Crippen LogP contribution in [0.1, 0.15) is 16.7 Å². The molecule has 2 nitrogen and oxygen atoms in total. The van der Waals surface area contributed by atoms with Crippen LogP contribution >= 0.6 is 0 Å². The molecule has 0 saturated heterocycles. The lowest BCUT2D eigenvalue weighted by molar-refractivity contribution is 0.468. The van der Waals surface area contributed by atoms with Crippen molar-refractivity contribution in [2.24, 2.45) is 0 Å². The number of rotatable bonds is 3. The molecular formula is C10H8BF4O2S-. The molecule has 0 aliphatic heterocycles. The second kappa shape index (κ2) is 4.65. The first kappa shape index (κ1) is 14.6. The normalized spacial score (nSPS) is 12.2. The molecule has 0 aliphatic rings. The summed E-state index contributed by atoms with van der Waals surface area (Å²) in [5.41, 5.74) is -0.500. The van der Waals surface area contributed by atoms with Crippen LogP contribution in [0.2, 0.25) is 0 Å². The van der Waals surface area contributed by atoms with E-state index in [4.69, 9.17) is 6.42 Å². The summed E-state index contributed by atoms with van der Waals surface area (Å²) in [5.74, 6) is 2.04. The molecular weight excluding hydrogens is 271 g/mol. The maximum atomic E-state index is 12.9. The Balaban J connectivity index is 3.47. The highest BCUT2D eigenvalue weighted by Gasteiger charge is 2.25. The van der Waals surface area contributed by atoms with E-state index in [1.54, 1.807) is 0 Å². The monoisotopic (exact) mass is 279 g/mol. The first-order chi connectivity index (χ1) is 8.04. The standard InChI is InChI=1S/C10H8BF4O2S/c1-3-9-4-8(6-11(12,13)14)5-10(7(9)2)18(15,16)17/h1,4-5H,6H2,2H3/q-1. The fourth-order valence-corrected chi connectivity index (χ4v) is 2.30. The van der Waals surface area contributed by atoms with Gasteiger partial charge in [-0.1, -0.05) is 17.8 Å². The van der Waals surface area contributed by atoms with Crippen molar-refractivity contribution in [3.8, 4) is 12.3 Å². The van der Waals surface area contributed by atoms with Crippen molar-refractivity contribution in [2.45, 2.75) is 18.1 Å². The van der Waals surface area contributed by atoms with E-state index in [2.05, 4.69) is 0 Å². The van der Waals surface area contributed by atoms with E-state index in [9.17, 15) is 25.3 Å². The van der Waals surface area contributed by atoms with Crippen molar-refractivity contribution in [1.29, 1.82) is 0 Å². The van der Waals surface area contributed by atoms with E-state index >= 15 is 0 Å². The Morgan fingerprint density at radius 3 is 2.28 bits per heavy atom. The molecule has 0 aliphatic carbocycles. The lowest BCUT2D eigenvalue weighted by Crippen LogP contribution is -2.19. The van der Waals surface area contributed by atoms with E-state index in [1.165, 1.54) is 6.92 Å². The third-order valence-corrected chi connectivity index (χ3v) is 3.25. The van der Waals surface area contributed by atoms with Crippen molar-refractivity contribution >= 4 is 17.2 Å². The van der Waals surface area contributed by atoms with Crippen molar-refractivity contribution in [1.82, 2.24) is 0 Å². The van der Waals surface area contributed by atoms with E-state index in [0.717, 1.165) is 6.07 Å². The third-order valence-electron chi connectivity index (χ3n) is 2.31. The number of halogens is 4. The Labute approximate surface area is 102 Å². The van der Waals surface area contributed by atoms with Crippen LogP contribution in [-0.2, 0) is 16.5 Å². The average Bonchev–Trinajstić information content (AvgIpc) is 2.16. The molecule has 0 atom stereocenters. The summed E-state index contributed by atoms with van der Waals surface area (Å²) < 4.78 is 71.4. The summed E-state index contributed by atoms with van der Waals surface area (Å²) in [5, 5.41) is 0. The van der Waals surface area contributed by atoms with Gasteiger partial charge < -0.3 is 12.9 Å². The molecule has 8 heteroatoms. The van der Waals surface area contributed by atoms with Gasteiger partial charge in [0.25, 0.3) is 0 Å². The quantitative estimate of drug-likeness (QED) is 0.369. The summed E-state index contributed by atoms with van der Waals surface area (Å²) in [7, 11) is -5.10. The minimum atomic E-state index is -5.15. The van der Waals surface area contributed by atoms with Crippen LogP contribution in [0.5, 0.6) is 0 Å². The fourth-order valence-electron chi connectivity index (χ4n) is 1.53. The zero-order chi connectivity index (χ0) is 14.1. The zero-order valence-electron chi connectivity index (χ0n) is 9.25. The van der Waals surface area contributed by atoms with Gasteiger partial charge in [0.2, 0.25) is 0 Å². The molecule has 0 heterocycles. The van der Waals surface area contributed by atoms with Gasteiger partial charge in [-0.15, -0.1) is 10.3 Å². The summed E-state index contributed by atoms with van der Waals surface area (Å²) in [4.78, 5) is -0.812. The first-order valence-corrected chi connectivity index (χ1v) is 6.19. The number of hydrogen-bond donors (Lipinski definition) is 0. The van der Waals surface area contributed by atoms with E-state index in [-0.39, 0.29) is 16.7 Å². The molecule has 0 unspecified atom stereocenters. The van der Waals surface area contributed by atoms with Crippen LogP contribution in [0, 0.1) is 19.3 Å². The Morgan fingerprint density at radius 2 is 1.89 bits per heavy atom. The fraction of sp³-hybridized carbons (Fsp3) is 0.200. The summed E-state index contributed by atoms with van der Waals surface area (Å²) in [6.45, 7) is -3.91. The molecule has 98 valence electrons. The minimum absolute atomic E-state index is 0.0659. The first-order valence-electron chi connectivity index (χ1n) is 4.80. The Hall–Kier alpha value is -1.49. The summed E-state index contributed by atoms with van der Waals surface area (Å²) in [6, 6.07) is 1.71. The van der Waals surface area contributed by atoms with Gasteiger partial charge in [0.15, 0.2) is 0 Å². The molecule has 1 aromatic carbocycles. The van der Waals surface area contributed by atoms with Gasteiger partial charge in [-0.3, -0.25) is 0 Å². The van der Waals surface area contributed by atoms with Gasteiger partial charge >= 0.3 is 17.2 Å². The molecule has 1 rings (SSSR count). The summed E-state index contributed by atoms with van der Waals surface area (Å²) >= 11 is 0. The number of terminal acetylenes is 1. The Kier molecular flexibility index (Phi) is 3.76. The maximum absolute atomic E-state index is 12.9. The Bertz CT molecular complexity index is 614. The second-order valence-electron chi connectivity index (χ2n) is 3.76. The van der Waals surface area contributed by atoms with Gasteiger partial charge in [0.05, 0.1) is 0 Å². The lowest BCUT2D eigenvalue weighted by atomic mass is 9.81. The minimum Gasteiger partial charge on any atom is -0.449 e.